The van der Waals surface area contributed by atoms with Crippen LogP contribution < -0.4 is 10.0 Å². The Balaban J connectivity index is 1.77. The highest BCUT2D eigenvalue weighted by Gasteiger charge is 2.21. The van der Waals surface area contributed by atoms with Gasteiger partial charge in [-0.2, -0.15) is 0 Å². The molecule has 108 valence electrons. The Kier molecular flexibility index (Phi) is 4.54. The SMILES string of the molecule is CC(NS(=O)(=O)CCCNC1CC1)c1nncn1C. The van der Waals surface area contributed by atoms with E-state index >= 15 is 0 Å². The molecule has 7 nitrogen and oxygen atoms in total. The lowest BCUT2D eigenvalue weighted by Gasteiger charge is -2.13. The van der Waals surface area contributed by atoms with Gasteiger partial charge < -0.3 is 9.88 Å². The van der Waals surface area contributed by atoms with E-state index in [0.29, 0.717) is 18.3 Å². The fraction of sp³-hybridized carbons (Fsp3) is 0.818. The van der Waals surface area contributed by atoms with Gasteiger partial charge in [0.2, 0.25) is 10.0 Å². The van der Waals surface area contributed by atoms with Crippen LogP contribution in [-0.2, 0) is 17.1 Å². The fourth-order valence-electron chi connectivity index (χ4n) is 1.92. The van der Waals surface area contributed by atoms with Crippen LogP contribution in [0.4, 0.5) is 0 Å². The first-order valence-corrected chi connectivity index (χ1v) is 8.20. The molecule has 1 heterocycles. The molecule has 1 fully saturated rings. The number of rotatable bonds is 8. The third-order valence-electron chi connectivity index (χ3n) is 3.09. The van der Waals surface area contributed by atoms with Crippen molar-refractivity contribution in [1.29, 1.82) is 0 Å². The Labute approximate surface area is 113 Å². The van der Waals surface area contributed by atoms with Crippen molar-refractivity contribution in [2.24, 2.45) is 7.05 Å². The summed E-state index contributed by atoms with van der Waals surface area (Å²) in [7, 11) is -1.48. The Hall–Kier alpha value is -0.990. The number of nitrogens with zero attached hydrogens (tertiary/aromatic N) is 3. The third-order valence-corrected chi connectivity index (χ3v) is 4.63. The molecule has 0 bridgehead atoms. The molecule has 1 aromatic heterocycles. The van der Waals surface area contributed by atoms with Crippen molar-refractivity contribution in [2.75, 3.05) is 12.3 Å². The topological polar surface area (TPSA) is 88.9 Å². The molecule has 1 aromatic rings. The predicted molar refractivity (Wildman–Crippen MR) is 72.0 cm³/mol. The van der Waals surface area contributed by atoms with Gasteiger partial charge in [-0.25, -0.2) is 13.1 Å². The largest absolute Gasteiger partial charge is 0.319 e. The summed E-state index contributed by atoms with van der Waals surface area (Å²) in [4.78, 5) is 0. The van der Waals surface area contributed by atoms with Crippen LogP contribution in [0.25, 0.3) is 0 Å². The van der Waals surface area contributed by atoms with Crippen molar-refractivity contribution in [2.45, 2.75) is 38.3 Å². The Morgan fingerprint density at radius 1 is 1.53 bits per heavy atom. The molecule has 1 aliphatic carbocycles. The van der Waals surface area contributed by atoms with Crippen molar-refractivity contribution in [1.82, 2.24) is 24.8 Å². The first-order valence-electron chi connectivity index (χ1n) is 6.55. The summed E-state index contributed by atoms with van der Waals surface area (Å²) in [5.74, 6) is 0.745. The van der Waals surface area contributed by atoms with Crippen molar-refractivity contribution in [3.05, 3.63) is 12.2 Å². The zero-order valence-corrected chi connectivity index (χ0v) is 12.2. The van der Waals surface area contributed by atoms with Crippen molar-refractivity contribution in [3.63, 3.8) is 0 Å². The van der Waals surface area contributed by atoms with Crippen LogP contribution >= 0.6 is 0 Å². The van der Waals surface area contributed by atoms with E-state index in [9.17, 15) is 8.42 Å². The number of nitrogens with one attached hydrogen (secondary N) is 2. The van der Waals surface area contributed by atoms with Gasteiger partial charge in [-0.1, -0.05) is 0 Å². The molecular formula is C11H21N5O2S. The molecule has 1 unspecified atom stereocenters. The van der Waals surface area contributed by atoms with Gasteiger partial charge in [0.05, 0.1) is 11.8 Å². The van der Waals surface area contributed by atoms with Crippen LogP contribution in [0.2, 0.25) is 0 Å². The van der Waals surface area contributed by atoms with Crippen LogP contribution in [-0.4, -0.2) is 41.5 Å². The summed E-state index contributed by atoms with van der Waals surface area (Å²) in [6.45, 7) is 2.52. The standard InChI is InChI=1S/C11H21N5O2S/c1-9(11-14-13-8-16(11)2)15-19(17,18)7-3-6-12-10-4-5-10/h8-10,12,15H,3-7H2,1-2H3. The van der Waals surface area contributed by atoms with E-state index < -0.39 is 10.0 Å². The Morgan fingerprint density at radius 3 is 2.84 bits per heavy atom. The van der Waals surface area contributed by atoms with Gasteiger partial charge in [-0.05, 0) is 32.7 Å². The molecule has 8 heteroatoms. The number of aromatic nitrogens is 3. The summed E-state index contributed by atoms with van der Waals surface area (Å²) < 4.78 is 28.2. The van der Waals surface area contributed by atoms with Crippen LogP contribution in [0.1, 0.15) is 38.1 Å². The summed E-state index contributed by atoms with van der Waals surface area (Å²) in [5, 5.41) is 10.9. The van der Waals surface area contributed by atoms with Gasteiger partial charge in [0.15, 0.2) is 0 Å². The minimum Gasteiger partial charge on any atom is -0.319 e. The molecule has 1 saturated carbocycles. The van der Waals surface area contributed by atoms with E-state index in [1.807, 2.05) is 0 Å². The van der Waals surface area contributed by atoms with E-state index in [-0.39, 0.29) is 11.8 Å². The number of aryl methyl sites for hydroxylation is 1. The van der Waals surface area contributed by atoms with Crippen molar-refractivity contribution in [3.8, 4) is 0 Å². The molecule has 2 rings (SSSR count). The fourth-order valence-corrected chi connectivity index (χ4v) is 3.21. The van der Waals surface area contributed by atoms with Crippen LogP contribution in [0, 0.1) is 0 Å². The van der Waals surface area contributed by atoms with Gasteiger partial charge in [0.1, 0.15) is 12.2 Å². The number of hydrogen-bond donors (Lipinski definition) is 2. The van der Waals surface area contributed by atoms with Gasteiger partial charge in [0, 0.05) is 13.1 Å². The van der Waals surface area contributed by atoms with Crippen molar-refractivity contribution >= 4 is 10.0 Å². The van der Waals surface area contributed by atoms with E-state index in [4.69, 9.17) is 0 Å². The first kappa shape index (κ1) is 14.4. The molecule has 0 saturated heterocycles. The van der Waals surface area contributed by atoms with Gasteiger partial charge in [0.25, 0.3) is 0 Å². The van der Waals surface area contributed by atoms with Crippen LogP contribution in [0.5, 0.6) is 0 Å². The van der Waals surface area contributed by atoms with E-state index in [2.05, 4.69) is 20.2 Å². The lowest BCUT2D eigenvalue weighted by atomic mass is 10.3. The smallest absolute Gasteiger partial charge is 0.212 e. The van der Waals surface area contributed by atoms with Crippen LogP contribution in [0.3, 0.4) is 0 Å². The zero-order chi connectivity index (χ0) is 13.9. The number of sulfonamides is 1. The van der Waals surface area contributed by atoms with Gasteiger partial charge >= 0.3 is 0 Å². The molecular weight excluding hydrogens is 266 g/mol. The number of hydrogen-bond acceptors (Lipinski definition) is 5. The van der Waals surface area contributed by atoms with E-state index in [1.54, 1.807) is 24.9 Å². The molecule has 2 N–H and O–H groups in total. The normalized spacial score (nSPS) is 17.6. The molecule has 0 aliphatic heterocycles. The molecule has 19 heavy (non-hydrogen) atoms. The van der Waals surface area contributed by atoms with Gasteiger partial charge in [-0.3, -0.25) is 0 Å². The maximum atomic E-state index is 11.9. The quantitative estimate of drug-likeness (QED) is 0.654. The summed E-state index contributed by atoms with van der Waals surface area (Å²) in [6.07, 6.45) is 4.61. The maximum absolute atomic E-state index is 11.9. The summed E-state index contributed by atoms with van der Waals surface area (Å²) in [5.41, 5.74) is 0. The van der Waals surface area contributed by atoms with E-state index in [1.165, 1.54) is 12.8 Å². The lowest BCUT2D eigenvalue weighted by molar-refractivity contribution is 0.548. The lowest BCUT2D eigenvalue weighted by Crippen LogP contribution is -2.32. The monoisotopic (exact) mass is 287 g/mol. The minimum atomic E-state index is -3.27. The second kappa shape index (κ2) is 5.98. The predicted octanol–water partition coefficient (Wildman–Crippen LogP) is -0.0624. The highest BCUT2D eigenvalue weighted by Crippen LogP contribution is 2.18. The second-order valence-electron chi connectivity index (χ2n) is 5.04. The molecule has 0 amide bonds. The third kappa shape index (κ3) is 4.55. The van der Waals surface area contributed by atoms with Crippen LogP contribution in [0.15, 0.2) is 6.33 Å². The average molecular weight is 287 g/mol. The molecule has 0 radical (unpaired) electrons. The summed E-state index contributed by atoms with van der Waals surface area (Å²) in [6, 6.07) is 0.252. The van der Waals surface area contributed by atoms with Crippen molar-refractivity contribution < 1.29 is 8.42 Å². The Morgan fingerprint density at radius 2 is 2.26 bits per heavy atom. The molecule has 0 aromatic carbocycles. The highest BCUT2D eigenvalue weighted by atomic mass is 32.2. The molecule has 1 atom stereocenters. The first-order chi connectivity index (χ1) is 8.98. The molecule has 1 aliphatic rings. The Bertz CT molecular complexity index is 509. The second-order valence-corrected chi connectivity index (χ2v) is 6.91. The molecule has 0 spiro atoms. The maximum Gasteiger partial charge on any atom is 0.212 e. The average Bonchev–Trinajstić information content (AvgIpc) is 3.05. The zero-order valence-electron chi connectivity index (χ0n) is 11.3. The minimum absolute atomic E-state index is 0.134. The summed E-state index contributed by atoms with van der Waals surface area (Å²) >= 11 is 0. The van der Waals surface area contributed by atoms with Gasteiger partial charge in [-0.15, -0.1) is 10.2 Å². The highest BCUT2D eigenvalue weighted by molar-refractivity contribution is 7.89. The van der Waals surface area contributed by atoms with E-state index in [0.717, 1.165) is 6.54 Å².